The number of likely N-dealkylation sites (tertiary alicyclic amines) is 1. The Morgan fingerprint density at radius 2 is 2.07 bits per heavy atom. The van der Waals surface area contributed by atoms with Crippen LogP contribution >= 0.6 is 0 Å². The van der Waals surface area contributed by atoms with Crippen LogP contribution in [0.1, 0.15) is 57.3 Å². The number of amides is 2. The first-order valence-electron chi connectivity index (χ1n) is 9.88. The molecule has 3 aromatic rings. The van der Waals surface area contributed by atoms with Gasteiger partial charge in [0.1, 0.15) is 11.5 Å². The summed E-state index contributed by atoms with van der Waals surface area (Å²) in [4.78, 5) is 26.4. The van der Waals surface area contributed by atoms with Gasteiger partial charge in [-0.3, -0.25) is 19.8 Å². The summed E-state index contributed by atoms with van der Waals surface area (Å²) in [6, 6.07) is 10.0. The van der Waals surface area contributed by atoms with Crippen LogP contribution in [0.5, 0.6) is 0 Å². The number of nitrogens with one attached hydrogen (secondary N) is 1. The van der Waals surface area contributed by atoms with E-state index >= 15 is 0 Å². The zero-order chi connectivity index (χ0) is 20.0. The lowest BCUT2D eigenvalue weighted by Gasteiger charge is -2.34. The zero-order valence-corrected chi connectivity index (χ0v) is 15.8. The first-order valence-corrected chi connectivity index (χ1v) is 9.88. The molecule has 1 fully saturated rings. The third-order valence-electron chi connectivity index (χ3n) is 5.91. The van der Waals surface area contributed by atoms with E-state index in [1.807, 2.05) is 12.1 Å². The van der Waals surface area contributed by atoms with Gasteiger partial charge in [-0.05, 0) is 49.6 Å². The van der Waals surface area contributed by atoms with Crippen molar-refractivity contribution < 1.29 is 18.5 Å². The highest BCUT2D eigenvalue weighted by Crippen LogP contribution is 2.35. The molecule has 1 N–H and O–H groups in total. The highest BCUT2D eigenvalue weighted by atomic mass is 19.1. The van der Waals surface area contributed by atoms with Gasteiger partial charge in [0.2, 0.25) is 0 Å². The van der Waals surface area contributed by atoms with E-state index in [2.05, 4.69) is 15.4 Å². The summed E-state index contributed by atoms with van der Waals surface area (Å²) in [5, 5.41) is 7.47. The van der Waals surface area contributed by atoms with Crippen LogP contribution in [0.4, 0.5) is 4.39 Å². The van der Waals surface area contributed by atoms with Gasteiger partial charge in [-0.2, -0.15) is 0 Å². The molecule has 1 saturated heterocycles. The van der Waals surface area contributed by atoms with E-state index in [0.717, 1.165) is 49.0 Å². The van der Waals surface area contributed by atoms with Gasteiger partial charge in [0, 0.05) is 18.0 Å². The first-order chi connectivity index (χ1) is 14.1. The lowest BCUT2D eigenvalue weighted by molar-refractivity contribution is 0.0879. The van der Waals surface area contributed by atoms with Crippen LogP contribution < -0.4 is 5.32 Å². The summed E-state index contributed by atoms with van der Waals surface area (Å²) >= 11 is 0. The summed E-state index contributed by atoms with van der Waals surface area (Å²) in [7, 11) is 0. The van der Waals surface area contributed by atoms with Gasteiger partial charge in [0.05, 0.1) is 17.2 Å². The molecule has 2 amide bonds. The number of imide groups is 1. The molecule has 0 saturated carbocycles. The molecule has 29 heavy (non-hydrogen) atoms. The van der Waals surface area contributed by atoms with E-state index in [4.69, 9.17) is 4.52 Å². The van der Waals surface area contributed by atoms with E-state index in [1.165, 1.54) is 12.1 Å². The zero-order valence-electron chi connectivity index (χ0n) is 15.8. The predicted octanol–water partition coefficient (Wildman–Crippen LogP) is 3.62. The number of nitrogens with zero attached hydrogens (tertiary/aromatic N) is 2. The maximum absolute atomic E-state index is 13.5. The number of hydrogen-bond acceptors (Lipinski definition) is 5. The van der Waals surface area contributed by atoms with Crippen molar-refractivity contribution in [3.63, 3.8) is 0 Å². The number of halogens is 1. The maximum Gasteiger partial charge on any atom is 0.259 e. The molecule has 148 valence electrons. The van der Waals surface area contributed by atoms with Crippen molar-refractivity contribution in [1.29, 1.82) is 0 Å². The second-order valence-corrected chi connectivity index (χ2v) is 7.63. The molecular formula is C22H20FN3O3. The maximum atomic E-state index is 13.5. The Bertz CT molecular complexity index is 1120. The van der Waals surface area contributed by atoms with Gasteiger partial charge >= 0.3 is 0 Å². The number of fused-ring (bicyclic) bond motifs is 2. The van der Waals surface area contributed by atoms with Gasteiger partial charge in [-0.25, -0.2) is 4.39 Å². The van der Waals surface area contributed by atoms with E-state index in [9.17, 15) is 14.0 Å². The lowest BCUT2D eigenvalue weighted by atomic mass is 9.95. The predicted molar refractivity (Wildman–Crippen MR) is 104 cm³/mol. The van der Waals surface area contributed by atoms with E-state index < -0.39 is 0 Å². The average Bonchev–Trinajstić information content (AvgIpc) is 3.27. The molecular weight excluding hydrogens is 373 g/mol. The second kappa shape index (κ2) is 7.08. The normalized spacial score (nSPS) is 19.6. The molecule has 1 atom stereocenters. The Kier molecular flexibility index (Phi) is 4.39. The summed E-state index contributed by atoms with van der Waals surface area (Å²) in [6.45, 7) is 1.65. The molecule has 6 nitrogen and oxygen atoms in total. The Morgan fingerprint density at radius 3 is 2.97 bits per heavy atom. The van der Waals surface area contributed by atoms with E-state index in [0.29, 0.717) is 23.1 Å². The number of rotatable bonds is 4. The molecule has 7 heteroatoms. The first kappa shape index (κ1) is 18.0. The topological polar surface area (TPSA) is 75.4 Å². The molecule has 0 spiro atoms. The van der Waals surface area contributed by atoms with Gasteiger partial charge in [0.25, 0.3) is 11.8 Å². The number of aromatic nitrogens is 1. The van der Waals surface area contributed by atoms with Crippen molar-refractivity contribution in [3.8, 4) is 0 Å². The Hall–Kier alpha value is -3.06. The molecule has 2 aromatic carbocycles. The lowest BCUT2D eigenvalue weighted by Crippen LogP contribution is -2.35. The summed E-state index contributed by atoms with van der Waals surface area (Å²) in [5.74, 6) is -0.990. The second-order valence-electron chi connectivity index (χ2n) is 7.63. The molecule has 2 aliphatic rings. The molecule has 0 aliphatic carbocycles. The van der Waals surface area contributed by atoms with Crippen molar-refractivity contribution in [3.05, 3.63) is 64.6 Å². The van der Waals surface area contributed by atoms with Crippen molar-refractivity contribution in [2.24, 2.45) is 0 Å². The van der Waals surface area contributed by atoms with Crippen LogP contribution in [0.2, 0.25) is 0 Å². The molecule has 0 bridgehead atoms. The molecule has 1 aromatic heterocycles. The Balaban J connectivity index is 1.41. The van der Waals surface area contributed by atoms with Crippen molar-refractivity contribution >= 4 is 22.8 Å². The standard InChI is InChI=1S/C22H20FN3O3/c23-14-7-8-15-18(12-14)29-25-20(15)17-6-1-2-10-26(17)11-9-13-4-3-5-16-19(13)22(28)24-21(16)27/h3-5,7-8,12,17H,1-2,6,9-11H2,(H,24,27,28)/t17-/m0/s1. The fourth-order valence-electron chi connectivity index (χ4n) is 4.50. The highest BCUT2D eigenvalue weighted by molar-refractivity contribution is 6.22. The monoisotopic (exact) mass is 393 g/mol. The van der Waals surface area contributed by atoms with Crippen LogP contribution in [0.15, 0.2) is 40.9 Å². The molecule has 2 aliphatic heterocycles. The molecule has 0 radical (unpaired) electrons. The minimum atomic E-state index is -0.341. The van der Waals surface area contributed by atoms with Crippen molar-refractivity contribution in [2.75, 3.05) is 13.1 Å². The Labute approximate surface area is 166 Å². The summed E-state index contributed by atoms with van der Waals surface area (Å²) in [6.07, 6.45) is 3.79. The van der Waals surface area contributed by atoms with Crippen LogP contribution in [-0.4, -0.2) is 35.0 Å². The number of carbonyl (C=O) groups is 2. The quantitative estimate of drug-likeness (QED) is 0.685. The van der Waals surface area contributed by atoms with E-state index in [-0.39, 0.29) is 23.7 Å². The van der Waals surface area contributed by atoms with Gasteiger partial charge < -0.3 is 4.52 Å². The summed E-state index contributed by atoms with van der Waals surface area (Å²) in [5.41, 5.74) is 3.12. The van der Waals surface area contributed by atoms with Gasteiger partial charge in [-0.1, -0.05) is 23.7 Å². The third kappa shape index (κ3) is 3.11. The Morgan fingerprint density at radius 1 is 1.17 bits per heavy atom. The van der Waals surface area contributed by atoms with Gasteiger partial charge in [0.15, 0.2) is 5.58 Å². The van der Waals surface area contributed by atoms with E-state index in [1.54, 1.807) is 12.1 Å². The average molecular weight is 393 g/mol. The molecule has 3 heterocycles. The highest BCUT2D eigenvalue weighted by Gasteiger charge is 2.31. The fourth-order valence-corrected chi connectivity index (χ4v) is 4.50. The van der Waals surface area contributed by atoms with Crippen LogP contribution in [0.3, 0.4) is 0 Å². The summed E-state index contributed by atoms with van der Waals surface area (Å²) < 4.78 is 18.9. The third-order valence-corrected chi connectivity index (χ3v) is 5.91. The largest absolute Gasteiger partial charge is 0.356 e. The number of piperidine rings is 1. The van der Waals surface area contributed by atoms with Crippen LogP contribution in [0.25, 0.3) is 11.0 Å². The van der Waals surface area contributed by atoms with Crippen molar-refractivity contribution in [2.45, 2.75) is 31.7 Å². The minimum absolute atomic E-state index is 0.0858. The fraction of sp³-hybridized carbons (Fsp3) is 0.318. The number of carbonyl (C=O) groups excluding carboxylic acids is 2. The smallest absolute Gasteiger partial charge is 0.259 e. The van der Waals surface area contributed by atoms with Gasteiger partial charge in [-0.15, -0.1) is 0 Å². The van der Waals surface area contributed by atoms with Crippen molar-refractivity contribution in [1.82, 2.24) is 15.4 Å². The van der Waals surface area contributed by atoms with Crippen LogP contribution in [-0.2, 0) is 6.42 Å². The number of benzene rings is 2. The number of hydrogen-bond donors (Lipinski definition) is 1. The minimum Gasteiger partial charge on any atom is -0.356 e. The SMILES string of the molecule is O=C1NC(=O)c2c(CCN3CCCC[C@H]3c3noc4cc(F)ccc34)cccc21. The molecule has 5 rings (SSSR count). The van der Waals surface area contributed by atoms with Crippen LogP contribution in [0, 0.1) is 5.82 Å². The molecule has 0 unspecified atom stereocenters.